The van der Waals surface area contributed by atoms with Crippen LogP contribution < -0.4 is 16.0 Å². The van der Waals surface area contributed by atoms with E-state index < -0.39 is 0 Å². The second-order valence-corrected chi connectivity index (χ2v) is 9.54. The Morgan fingerprint density at radius 1 is 0.939 bits per heavy atom. The van der Waals surface area contributed by atoms with Crippen molar-refractivity contribution in [1.82, 2.24) is 20.9 Å². The van der Waals surface area contributed by atoms with Crippen molar-refractivity contribution < 1.29 is 9.59 Å². The highest BCUT2D eigenvalue weighted by Crippen LogP contribution is 2.10. The third-order valence-corrected chi connectivity index (χ3v) is 6.03. The van der Waals surface area contributed by atoms with Gasteiger partial charge in [0.25, 0.3) is 0 Å². The molecule has 1 heterocycles. The van der Waals surface area contributed by atoms with Crippen LogP contribution in [0.4, 0.5) is 0 Å². The first-order valence-electron chi connectivity index (χ1n) is 13.3. The Bertz CT molecular complexity index is 574. The highest BCUT2D eigenvalue weighted by atomic mass is 16.2. The molecule has 1 saturated heterocycles. The molecular formula is C27H50N4O2. The molecule has 1 fully saturated rings. The molecule has 6 nitrogen and oxygen atoms in total. The summed E-state index contributed by atoms with van der Waals surface area (Å²) in [6, 6.07) is -0.145. The summed E-state index contributed by atoms with van der Waals surface area (Å²) in [4.78, 5) is 26.4. The summed E-state index contributed by atoms with van der Waals surface area (Å²) in [5, 5.41) is 9.26. The number of nitrogens with zero attached hydrogens (tertiary/aromatic N) is 1. The van der Waals surface area contributed by atoms with E-state index in [-0.39, 0.29) is 23.9 Å². The summed E-state index contributed by atoms with van der Waals surface area (Å²) in [5.74, 6) is 0.142. The van der Waals surface area contributed by atoms with Gasteiger partial charge in [-0.1, -0.05) is 63.3 Å². The summed E-state index contributed by atoms with van der Waals surface area (Å²) in [6.07, 6.45) is 23.5. The van der Waals surface area contributed by atoms with Crippen LogP contribution in [0.2, 0.25) is 0 Å². The zero-order chi connectivity index (χ0) is 24.2. The normalized spacial score (nSPS) is 18.5. The molecule has 1 aliphatic heterocycles. The first-order chi connectivity index (χ1) is 16.0. The van der Waals surface area contributed by atoms with E-state index in [2.05, 4.69) is 47.2 Å². The van der Waals surface area contributed by atoms with Gasteiger partial charge in [-0.3, -0.25) is 9.59 Å². The van der Waals surface area contributed by atoms with Crippen LogP contribution in [-0.4, -0.2) is 62.5 Å². The van der Waals surface area contributed by atoms with Crippen molar-refractivity contribution in [2.45, 2.75) is 102 Å². The maximum absolute atomic E-state index is 12.2. The third kappa shape index (κ3) is 16.6. The van der Waals surface area contributed by atoms with E-state index in [0.717, 1.165) is 32.2 Å². The average molecular weight is 463 g/mol. The van der Waals surface area contributed by atoms with E-state index >= 15 is 0 Å². The molecule has 2 amide bonds. The number of nitrogens with one attached hydrogen (secondary N) is 3. The van der Waals surface area contributed by atoms with E-state index in [0.29, 0.717) is 25.9 Å². The van der Waals surface area contributed by atoms with Crippen LogP contribution in [0.3, 0.4) is 0 Å². The maximum Gasteiger partial charge on any atom is 0.237 e. The van der Waals surface area contributed by atoms with Crippen LogP contribution >= 0.6 is 0 Å². The molecular weight excluding hydrogens is 412 g/mol. The van der Waals surface area contributed by atoms with Crippen molar-refractivity contribution in [1.29, 1.82) is 0 Å². The van der Waals surface area contributed by atoms with Gasteiger partial charge in [-0.2, -0.15) is 0 Å². The van der Waals surface area contributed by atoms with Gasteiger partial charge < -0.3 is 20.9 Å². The Labute approximate surface area is 203 Å². The third-order valence-electron chi connectivity index (χ3n) is 6.03. The summed E-state index contributed by atoms with van der Waals surface area (Å²) in [7, 11) is 3.97. The van der Waals surface area contributed by atoms with Crippen molar-refractivity contribution in [2.24, 2.45) is 0 Å². The van der Waals surface area contributed by atoms with E-state index in [1.807, 2.05) is 19.0 Å². The number of unbranched alkanes of at least 4 members (excludes halogenated alkanes) is 8. The van der Waals surface area contributed by atoms with Gasteiger partial charge in [-0.05, 0) is 59.0 Å². The number of hydrogen-bond donors (Lipinski definition) is 3. The van der Waals surface area contributed by atoms with Crippen molar-refractivity contribution in [3.8, 4) is 0 Å². The minimum Gasteiger partial charge on any atom is -0.353 e. The molecule has 0 aromatic heterocycles. The fraction of sp³-hybridized carbons (Fsp3) is 0.778. The lowest BCUT2D eigenvalue weighted by Crippen LogP contribution is -2.42. The Morgan fingerprint density at radius 3 is 2.30 bits per heavy atom. The van der Waals surface area contributed by atoms with E-state index in [9.17, 15) is 9.59 Å². The van der Waals surface area contributed by atoms with Crippen LogP contribution in [-0.2, 0) is 9.59 Å². The Hall–Kier alpha value is -1.66. The van der Waals surface area contributed by atoms with Gasteiger partial charge in [0.2, 0.25) is 11.8 Å². The van der Waals surface area contributed by atoms with Crippen molar-refractivity contribution in [2.75, 3.05) is 33.7 Å². The smallest absolute Gasteiger partial charge is 0.237 e. The highest BCUT2D eigenvalue weighted by molar-refractivity contribution is 5.82. The zero-order valence-corrected chi connectivity index (χ0v) is 21.5. The minimum absolute atomic E-state index is 0.0299. The van der Waals surface area contributed by atoms with Crippen LogP contribution in [0, 0.1) is 0 Å². The van der Waals surface area contributed by atoms with Crippen LogP contribution in [0.1, 0.15) is 90.4 Å². The van der Waals surface area contributed by atoms with Crippen LogP contribution in [0.25, 0.3) is 0 Å². The summed E-state index contributed by atoms with van der Waals surface area (Å²) >= 11 is 0. The lowest BCUT2D eigenvalue weighted by Gasteiger charge is -2.14. The summed E-state index contributed by atoms with van der Waals surface area (Å²) in [6.45, 7) is 4.38. The predicted octanol–water partition coefficient (Wildman–Crippen LogP) is 4.32. The first kappa shape index (κ1) is 29.4. The Balaban J connectivity index is 1.95. The number of likely N-dealkylation sites (N-methyl/N-ethyl adjacent to an activating group) is 1. The molecule has 33 heavy (non-hydrogen) atoms. The molecule has 0 saturated carbocycles. The number of carbonyl (C=O) groups is 2. The zero-order valence-electron chi connectivity index (χ0n) is 21.5. The van der Waals surface area contributed by atoms with Crippen molar-refractivity contribution >= 4 is 11.8 Å². The summed E-state index contributed by atoms with van der Waals surface area (Å²) in [5.41, 5.74) is 0. The highest BCUT2D eigenvalue weighted by Gasteiger charge is 2.29. The number of allylic oxidation sites excluding steroid dienone is 4. The van der Waals surface area contributed by atoms with Crippen molar-refractivity contribution in [3.63, 3.8) is 0 Å². The molecule has 0 unspecified atom stereocenters. The number of carbonyl (C=O) groups excluding carboxylic acids is 2. The number of amides is 2. The Kier molecular flexibility index (Phi) is 17.6. The maximum atomic E-state index is 12.2. The standard InChI is InChI=1S/C27H50N4O2/c1-4-5-6-7-8-9-10-11-12-13-14-15-16-17-18-19-26(32)30-24-22-25(29-23-24)27(33)28-20-21-31(2)3/h8-9,11-12,24-25,29H,4-7,10,13-23H2,1-3H3,(H,28,33)(H,30,32)/b9-8+,12-11+/t24-,25-/m0/s1. The molecule has 1 rings (SSSR count). The fourth-order valence-corrected chi connectivity index (χ4v) is 3.97. The molecule has 2 atom stereocenters. The van der Waals surface area contributed by atoms with E-state index in [1.54, 1.807) is 0 Å². The topological polar surface area (TPSA) is 73.5 Å². The second kappa shape index (κ2) is 19.8. The molecule has 190 valence electrons. The van der Waals surface area contributed by atoms with Crippen LogP contribution in [0.15, 0.2) is 24.3 Å². The first-order valence-corrected chi connectivity index (χ1v) is 13.3. The second-order valence-electron chi connectivity index (χ2n) is 9.54. The van der Waals surface area contributed by atoms with Crippen LogP contribution in [0.5, 0.6) is 0 Å². The molecule has 0 aliphatic carbocycles. The van der Waals surface area contributed by atoms with Gasteiger partial charge in [0, 0.05) is 32.1 Å². The average Bonchev–Trinajstić information content (AvgIpc) is 3.24. The fourth-order valence-electron chi connectivity index (χ4n) is 3.97. The molecule has 0 radical (unpaired) electrons. The molecule has 3 N–H and O–H groups in total. The van der Waals surface area contributed by atoms with Gasteiger partial charge in [-0.25, -0.2) is 0 Å². The molecule has 0 aromatic rings. The van der Waals surface area contributed by atoms with Gasteiger partial charge >= 0.3 is 0 Å². The van der Waals surface area contributed by atoms with E-state index in [1.165, 1.54) is 44.9 Å². The molecule has 6 heteroatoms. The van der Waals surface area contributed by atoms with Gasteiger partial charge in [0.1, 0.15) is 0 Å². The molecule has 1 aliphatic rings. The van der Waals surface area contributed by atoms with Gasteiger partial charge in [0.15, 0.2) is 0 Å². The Morgan fingerprint density at radius 2 is 1.61 bits per heavy atom. The van der Waals surface area contributed by atoms with Gasteiger partial charge in [0.05, 0.1) is 6.04 Å². The largest absolute Gasteiger partial charge is 0.353 e. The quantitative estimate of drug-likeness (QED) is 0.197. The molecule has 0 bridgehead atoms. The lowest BCUT2D eigenvalue weighted by atomic mass is 10.1. The molecule has 0 spiro atoms. The lowest BCUT2D eigenvalue weighted by molar-refractivity contribution is -0.124. The van der Waals surface area contributed by atoms with E-state index in [4.69, 9.17) is 0 Å². The SMILES string of the molecule is CCCCC/C=C/C/C=C/CCCCCCCC(=O)N[C@@H]1CN[C@H](C(=O)NCCN(C)C)C1. The number of hydrogen-bond acceptors (Lipinski definition) is 4. The predicted molar refractivity (Wildman–Crippen MR) is 139 cm³/mol. The van der Waals surface area contributed by atoms with Crippen molar-refractivity contribution in [3.05, 3.63) is 24.3 Å². The number of rotatable bonds is 19. The monoisotopic (exact) mass is 462 g/mol. The van der Waals surface area contributed by atoms with Gasteiger partial charge in [-0.15, -0.1) is 0 Å². The minimum atomic E-state index is -0.201. The molecule has 0 aromatic carbocycles. The summed E-state index contributed by atoms with van der Waals surface area (Å²) < 4.78 is 0.